The molecule has 114 valence electrons. The van der Waals surface area contributed by atoms with Crippen molar-refractivity contribution in [3.63, 3.8) is 0 Å². The van der Waals surface area contributed by atoms with Crippen molar-refractivity contribution >= 4 is 11.6 Å². The first-order chi connectivity index (χ1) is 10.2. The van der Waals surface area contributed by atoms with Crippen molar-refractivity contribution in [2.75, 3.05) is 0 Å². The fraction of sp³-hybridized carbons (Fsp3) is 0.125. The highest BCUT2D eigenvalue weighted by Gasteiger charge is 2.23. The predicted octanol–water partition coefficient (Wildman–Crippen LogP) is 5.51. The van der Waals surface area contributed by atoms with E-state index >= 15 is 0 Å². The minimum Gasteiger partial charge on any atom is -0.206 e. The molecule has 0 unspecified atom stereocenters. The smallest absolute Gasteiger partial charge is 0.206 e. The lowest BCUT2D eigenvalue weighted by molar-refractivity contribution is -0.0696. The molecule has 0 aliphatic heterocycles. The quantitative estimate of drug-likeness (QED) is 0.478. The van der Waals surface area contributed by atoms with Gasteiger partial charge in [-0.15, -0.1) is 0 Å². The van der Waals surface area contributed by atoms with Crippen LogP contribution in [0.25, 0.3) is 11.1 Å². The molecule has 0 aliphatic rings. The van der Waals surface area contributed by atoms with Crippen LogP contribution in [0.2, 0.25) is 5.02 Å². The minimum atomic E-state index is -4.75. The zero-order valence-electron chi connectivity index (χ0n) is 11.2. The first-order valence-electron chi connectivity index (χ1n) is 6.03. The number of aryl methyl sites for hydroxylation is 1. The second-order valence-electron chi connectivity index (χ2n) is 4.55. The van der Waals surface area contributed by atoms with E-state index in [1.54, 1.807) is 18.9 Å². The normalized spacial score (nSPS) is 11.0. The molecule has 0 fully saturated rings. The number of benzene rings is 2. The third-order valence-electron chi connectivity index (χ3n) is 2.81. The molecule has 2 aromatic rings. The summed E-state index contributed by atoms with van der Waals surface area (Å²) in [4.78, 5) is 0. The van der Waals surface area contributed by atoms with Crippen molar-refractivity contribution < 1.29 is 22.0 Å². The summed E-state index contributed by atoms with van der Waals surface area (Å²) < 4.78 is 63.9. The largest absolute Gasteiger partial charge is 0.458 e. The Hall–Kier alpha value is -2.06. The van der Waals surface area contributed by atoms with Gasteiger partial charge in [-0.2, -0.15) is 13.2 Å². The highest BCUT2D eigenvalue weighted by atomic mass is 35.5. The van der Waals surface area contributed by atoms with E-state index < -0.39 is 23.4 Å². The van der Waals surface area contributed by atoms with Crippen molar-refractivity contribution in [1.82, 2.24) is 0 Å². The van der Waals surface area contributed by atoms with E-state index in [4.69, 9.17) is 11.6 Å². The van der Waals surface area contributed by atoms with Gasteiger partial charge in [-0.05, 0) is 36.2 Å². The van der Waals surface area contributed by atoms with Crippen LogP contribution in [0.15, 0.2) is 30.3 Å². The van der Waals surface area contributed by atoms with Gasteiger partial charge in [-0.3, -0.25) is 0 Å². The van der Waals surface area contributed by atoms with Gasteiger partial charge in [0, 0.05) is 11.5 Å². The van der Waals surface area contributed by atoms with Gasteiger partial charge in [-0.25, -0.2) is 8.78 Å². The molecular weight excluding hydrogens is 323 g/mol. The Bertz CT molecular complexity index is 758. The minimum absolute atomic E-state index is 0.0988. The second-order valence-corrected chi connectivity index (χ2v) is 4.95. The van der Waals surface area contributed by atoms with Crippen molar-refractivity contribution in [2.24, 2.45) is 0 Å². The van der Waals surface area contributed by atoms with Gasteiger partial charge < -0.3 is 0 Å². The Kier molecular flexibility index (Phi) is 4.43. The highest BCUT2D eigenvalue weighted by Crippen LogP contribution is 2.30. The zero-order chi connectivity index (χ0) is 16.5. The Labute approximate surface area is 128 Å². The monoisotopic (exact) mass is 330 g/mol. The van der Waals surface area contributed by atoms with E-state index in [-0.39, 0.29) is 16.1 Å². The Morgan fingerprint density at radius 2 is 1.68 bits per heavy atom. The maximum atomic E-state index is 13.9. The molecule has 0 aliphatic carbocycles. The summed E-state index contributed by atoms with van der Waals surface area (Å²) in [6.45, 7) is 1.69. The van der Waals surface area contributed by atoms with Crippen molar-refractivity contribution in [3.8, 4) is 23.0 Å². The Morgan fingerprint density at radius 1 is 1.00 bits per heavy atom. The molecule has 0 nitrogen and oxygen atoms in total. The molecule has 0 spiro atoms. The number of halogens is 6. The lowest BCUT2D eigenvalue weighted by atomic mass is 10.0. The number of rotatable bonds is 1. The van der Waals surface area contributed by atoms with Crippen LogP contribution in [-0.2, 0) is 0 Å². The van der Waals surface area contributed by atoms with E-state index in [0.717, 1.165) is 12.0 Å². The van der Waals surface area contributed by atoms with E-state index in [2.05, 4.69) is 0 Å². The molecule has 22 heavy (non-hydrogen) atoms. The summed E-state index contributed by atoms with van der Waals surface area (Å²) in [5.41, 5.74) is 0.329. The molecule has 2 aromatic carbocycles. The first kappa shape index (κ1) is 16.3. The maximum Gasteiger partial charge on any atom is 0.458 e. The summed E-state index contributed by atoms with van der Waals surface area (Å²) in [5, 5.41) is -0.313. The molecule has 2 rings (SSSR count). The van der Waals surface area contributed by atoms with Gasteiger partial charge >= 0.3 is 6.18 Å². The van der Waals surface area contributed by atoms with Gasteiger partial charge in [0.25, 0.3) is 0 Å². The average Bonchev–Trinajstić information content (AvgIpc) is 2.36. The van der Waals surface area contributed by atoms with Crippen molar-refractivity contribution in [3.05, 3.63) is 58.1 Å². The summed E-state index contributed by atoms with van der Waals surface area (Å²) in [7, 11) is 0. The highest BCUT2D eigenvalue weighted by molar-refractivity contribution is 6.32. The van der Waals surface area contributed by atoms with Gasteiger partial charge in [-0.1, -0.05) is 29.7 Å². The Balaban J connectivity index is 2.52. The van der Waals surface area contributed by atoms with Crippen LogP contribution in [0, 0.1) is 30.4 Å². The fourth-order valence-corrected chi connectivity index (χ4v) is 2.09. The molecular formula is C16H8ClF5. The first-order valence-corrected chi connectivity index (χ1v) is 6.40. The topological polar surface area (TPSA) is 0 Å². The molecule has 0 radical (unpaired) electrons. The second kappa shape index (κ2) is 5.98. The van der Waals surface area contributed by atoms with E-state index in [1.165, 1.54) is 18.2 Å². The van der Waals surface area contributed by atoms with Crippen LogP contribution in [0.4, 0.5) is 22.0 Å². The Morgan fingerprint density at radius 3 is 2.23 bits per heavy atom. The zero-order valence-corrected chi connectivity index (χ0v) is 11.9. The summed E-state index contributed by atoms with van der Waals surface area (Å²) in [6, 6.07) is 6.41. The molecule has 0 aromatic heterocycles. The van der Waals surface area contributed by atoms with Crippen LogP contribution in [-0.4, -0.2) is 6.18 Å². The van der Waals surface area contributed by atoms with Gasteiger partial charge in [0.1, 0.15) is 11.6 Å². The summed E-state index contributed by atoms with van der Waals surface area (Å²) in [5.74, 6) is 0.976. The van der Waals surface area contributed by atoms with Crippen LogP contribution in [0.3, 0.4) is 0 Å². The van der Waals surface area contributed by atoms with Crippen LogP contribution in [0.1, 0.15) is 11.1 Å². The van der Waals surface area contributed by atoms with Crippen LogP contribution < -0.4 is 0 Å². The van der Waals surface area contributed by atoms with Gasteiger partial charge in [0.05, 0.1) is 10.6 Å². The summed E-state index contributed by atoms with van der Waals surface area (Å²) in [6.07, 6.45) is -4.75. The van der Waals surface area contributed by atoms with Gasteiger partial charge in [0.2, 0.25) is 0 Å². The van der Waals surface area contributed by atoms with E-state index in [9.17, 15) is 22.0 Å². The van der Waals surface area contributed by atoms with Gasteiger partial charge in [0.15, 0.2) is 0 Å². The third-order valence-corrected chi connectivity index (χ3v) is 3.11. The van der Waals surface area contributed by atoms with E-state index in [0.29, 0.717) is 5.56 Å². The summed E-state index contributed by atoms with van der Waals surface area (Å²) >= 11 is 5.76. The SMILES string of the molecule is Cc1ccc(-c2cc(F)c(C#CC(F)(F)F)c(Cl)c2)c(F)c1. The predicted molar refractivity (Wildman–Crippen MR) is 74.5 cm³/mol. The van der Waals surface area contributed by atoms with Crippen molar-refractivity contribution in [2.45, 2.75) is 13.1 Å². The molecule has 0 heterocycles. The van der Waals surface area contributed by atoms with E-state index in [1.807, 2.05) is 0 Å². The molecule has 0 amide bonds. The van der Waals surface area contributed by atoms with Crippen LogP contribution >= 0.6 is 11.6 Å². The molecule has 0 N–H and O–H groups in total. The fourth-order valence-electron chi connectivity index (χ4n) is 1.84. The third kappa shape index (κ3) is 3.77. The standard InChI is InChI=1S/C16H8ClF5/c1-9-2-3-11(14(18)6-9)10-7-13(17)12(15(19)8-10)4-5-16(20,21)22/h2-3,6-8H,1H3. The van der Waals surface area contributed by atoms with Crippen molar-refractivity contribution in [1.29, 1.82) is 0 Å². The lowest BCUT2D eigenvalue weighted by Crippen LogP contribution is -2.02. The average molecular weight is 331 g/mol. The lowest BCUT2D eigenvalue weighted by Gasteiger charge is -2.07. The number of hydrogen-bond donors (Lipinski definition) is 0. The molecule has 0 saturated carbocycles. The molecule has 6 heteroatoms. The van der Waals surface area contributed by atoms with Crippen LogP contribution in [0.5, 0.6) is 0 Å². The molecule has 0 atom stereocenters. The number of alkyl halides is 3. The maximum absolute atomic E-state index is 13.9. The molecule has 0 bridgehead atoms. The molecule has 0 saturated heterocycles. The number of hydrogen-bond acceptors (Lipinski definition) is 0.